The fourth-order valence-electron chi connectivity index (χ4n) is 2.67. The molecule has 1 saturated heterocycles. The second-order valence-electron chi connectivity index (χ2n) is 6.39. The Morgan fingerprint density at radius 1 is 1.29 bits per heavy atom. The van der Waals surface area contributed by atoms with Crippen LogP contribution in [0.25, 0.3) is 0 Å². The van der Waals surface area contributed by atoms with Crippen LogP contribution >= 0.6 is 0 Å². The number of hydrogen-bond acceptors (Lipinski definition) is 3. The zero-order valence-corrected chi connectivity index (χ0v) is 14.1. The van der Waals surface area contributed by atoms with Gasteiger partial charge in [0, 0.05) is 13.2 Å². The number of carbonyl (C=O) groups is 2. The third-order valence-electron chi connectivity index (χ3n) is 4.16. The van der Waals surface area contributed by atoms with E-state index in [9.17, 15) is 9.59 Å². The van der Waals surface area contributed by atoms with Gasteiger partial charge in [0.15, 0.2) is 0 Å². The highest BCUT2D eigenvalue weighted by Crippen LogP contribution is 2.26. The van der Waals surface area contributed by atoms with Crippen molar-refractivity contribution in [3.05, 3.63) is 0 Å². The number of nitrogens with zero attached hydrogens (tertiary/aromatic N) is 1. The molecular weight excluding hydrogens is 268 g/mol. The van der Waals surface area contributed by atoms with Crippen molar-refractivity contribution in [2.45, 2.75) is 65.5 Å². The number of ether oxygens (including phenoxy) is 1. The van der Waals surface area contributed by atoms with Gasteiger partial charge in [0.1, 0.15) is 11.6 Å². The minimum Gasteiger partial charge on any atom is -0.380 e. The van der Waals surface area contributed by atoms with Crippen LogP contribution in [0.3, 0.4) is 0 Å². The van der Waals surface area contributed by atoms with E-state index < -0.39 is 11.6 Å². The van der Waals surface area contributed by atoms with E-state index in [2.05, 4.69) is 19.2 Å². The molecule has 0 aromatic heterocycles. The van der Waals surface area contributed by atoms with Crippen molar-refractivity contribution in [1.29, 1.82) is 0 Å². The minimum absolute atomic E-state index is 0.0211. The summed E-state index contributed by atoms with van der Waals surface area (Å²) in [6, 6.07) is -0.400. The molecule has 1 N–H and O–H groups in total. The van der Waals surface area contributed by atoms with Crippen LogP contribution in [-0.2, 0) is 14.3 Å². The largest absolute Gasteiger partial charge is 0.380 e. The predicted molar refractivity (Wildman–Crippen MR) is 82.9 cm³/mol. The van der Waals surface area contributed by atoms with E-state index in [0.717, 1.165) is 6.42 Å². The van der Waals surface area contributed by atoms with E-state index in [0.29, 0.717) is 38.5 Å². The summed E-state index contributed by atoms with van der Waals surface area (Å²) in [7, 11) is 0. The normalized spacial score (nSPS) is 26.4. The van der Waals surface area contributed by atoms with Gasteiger partial charge < -0.3 is 15.0 Å². The molecule has 1 aliphatic heterocycles. The van der Waals surface area contributed by atoms with Crippen molar-refractivity contribution in [2.24, 2.45) is 5.92 Å². The number of rotatable bonds is 8. The molecule has 2 atom stereocenters. The van der Waals surface area contributed by atoms with Gasteiger partial charge in [-0.1, -0.05) is 27.7 Å². The van der Waals surface area contributed by atoms with Crippen LogP contribution in [0, 0.1) is 5.92 Å². The molecule has 1 heterocycles. The zero-order valence-electron chi connectivity index (χ0n) is 14.1. The molecule has 21 heavy (non-hydrogen) atoms. The maximum Gasteiger partial charge on any atom is 0.246 e. The Labute approximate surface area is 128 Å². The standard InChI is InChI=1S/C16H30N2O3/c1-6-9-21-10-8-18-14(19)13(11-12(3)4)17-15(20)16(18,5)7-2/h12-13H,6-11H2,1-5H3,(H,17,20). The summed E-state index contributed by atoms with van der Waals surface area (Å²) in [4.78, 5) is 26.9. The lowest BCUT2D eigenvalue weighted by Gasteiger charge is -2.46. The molecule has 0 aromatic carbocycles. The van der Waals surface area contributed by atoms with Crippen LogP contribution in [0.5, 0.6) is 0 Å². The highest BCUT2D eigenvalue weighted by molar-refractivity contribution is 5.99. The van der Waals surface area contributed by atoms with Gasteiger partial charge in [-0.2, -0.15) is 0 Å². The first-order valence-electron chi connectivity index (χ1n) is 8.07. The van der Waals surface area contributed by atoms with Gasteiger partial charge in [-0.15, -0.1) is 0 Å². The van der Waals surface area contributed by atoms with Crippen LogP contribution in [0.2, 0.25) is 0 Å². The molecule has 5 nitrogen and oxygen atoms in total. The summed E-state index contributed by atoms with van der Waals surface area (Å²) in [6.45, 7) is 11.6. The van der Waals surface area contributed by atoms with Gasteiger partial charge in [-0.3, -0.25) is 9.59 Å². The van der Waals surface area contributed by atoms with Gasteiger partial charge in [-0.25, -0.2) is 0 Å². The Bertz CT molecular complexity index is 371. The smallest absolute Gasteiger partial charge is 0.246 e. The molecule has 0 spiro atoms. The molecule has 122 valence electrons. The Hall–Kier alpha value is -1.10. The molecule has 1 fully saturated rings. The zero-order chi connectivity index (χ0) is 16.0. The van der Waals surface area contributed by atoms with E-state index in [4.69, 9.17) is 4.74 Å². The van der Waals surface area contributed by atoms with E-state index >= 15 is 0 Å². The fourth-order valence-corrected chi connectivity index (χ4v) is 2.67. The SMILES string of the molecule is CCCOCCN1C(=O)C(CC(C)C)NC(=O)C1(C)CC. The van der Waals surface area contributed by atoms with E-state index in [1.807, 2.05) is 20.8 Å². The van der Waals surface area contributed by atoms with E-state index in [-0.39, 0.29) is 11.8 Å². The van der Waals surface area contributed by atoms with Crippen LogP contribution in [0.1, 0.15) is 53.9 Å². The second-order valence-corrected chi connectivity index (χ2v) is 6.39. The lowest BCUT2D eigenvalue weighted by atomic mass is 9.88. The lowest BCUT2D eigenvalue weighted by molar-refractivity contribution is -0.158. The highest BCUT2D eigenvalue weighted by Gasteiger charge is 2.47. The summed E-state index contributed by atoms with van der Waals surface area (Å²) < 4.78 is 5.50. The summed E-state index contributed by atoms with van der Waals surface area (Å²) in [5.41, 5.74) is -0.764. The summed E-state index contributed by atoms with van der Waals surface area (Å²) in [6.07, 6.45) is 2.24. The van der Waals surface area contributed by atoms with Crippen LogP contribution in [-0.4, -0.2) is 48.1 Å². The molecule has 0 radical (unpaired) electrons. The average Bonchev–Trinajstić information content (AvgIpc) is 2.43. The summed E-state index contributed by atoms with van der Waals surface area (Å²) in [5.74, 6) is 0.335. The first-order valence-corrected chi connectivity index (χ1v) is 8.07. The van der Waals surface area contributed by atoms with Crippen molar-refractivity contribution in [2.75, 3.05) is 19.8 Å². The topological polar surface area (TPSA) is 58.6 Å². The highest BCUT2D eigenvalue weighted by atomic mass is 16.5. The molecule has 2 unspecified atom stereocenters. The van der Waals surface area contributed by atoms with Crippen LogP contribution in [0.15, 0.2) is 0 Å². The van der Waals surface area contributed by atoms with Crippen molar-refractivity contribution in [3.8, 4) is 0 Å². The molecule has 2 amide bonds. The van der Waals surface area contributed by atoms with Crippen molar-refractivity contribution in [3.63, 3.8) is 0 Å². The monoisotopic (exact) mass is 298 g/mol. The third kappa shape index (κ3) is 4.19. The summed E-state index contributed by atoms with van der Waals surface area (Å²) in [5, 5.41) is 2.90. The molecule has 0 saturated carbocycles. The first-order chi connectivity index (χ1) is 9.86. The van der Waals surface area contributed by atoms with E-state index in [1.165, 1.54) is 0 Å². The molecular formula is C16H30N2O3. The Balaban J connectivity index is 2.83. The van der Waals surface area contributed by atoms with Crippen molar-refractivity contribution < 1.29 is 14.3 Å². The number of amides is 2. The van der Waals surface area contributed by atoms with Crippen molar-refractivity contribution in [1.82, 2.24) is 10.2 Å². The van der Waals surface area contributed by atoms with E-state index in [1.54, 1.807) is 4.90 Å². The van der Waals surface area contributed by atoms with Gasteiger partial charge in [0.05, 0.1) is 6.61 Å². The molecule has 5 heteroatoms. The van der Waals surface area contributed by atoms with Gasteiger partial charge in [0.25, 0.3) is 0 Å². The summed E-state index contributed by atoms with van der Waals surface area (Å²) >= 11 is 0. The Morgan fingerprint density at radius 3 is 2.48 bits per heavy atom. The van der Waals surface area contributed by atoms with Crippen LogP contribution in [0.4, 0.5) is 0 Å². The van der Waals surface area contributed by atoms with Gasteiger partial charge in [-0.05, 0) is 32.1 Å². The van der Waals surface area contributed by atoms with Crippen LogP contribution < -0.4 is 5.32 Å². The molecule has 0 aliphatic carbocycles. The molecule has 1 aliphatic rings. The van der Waals surface area contributed by atoms with Gasteiger partial charge >= 0.3 is 0 Å². The Morgan fingerprint density at radius 2 is 1.95 bits per heavy atom. The number of carbonyl (C=O) groups excluding carboxylic acids is 2. The number of hydrogen-bond donors (Lipinski definition) is 1. The molecule has 1 rings (SSSR count). The predicted octanol–water partition coefficient (Wildman–Crippen LogP) is 1.95. The average molecular weight is 298 g/mol. The first kappa shape index (κ1) is 18.0. The number of nitrogens with one attached hydrogen (secondary N) is 1. The fraction of sp³-hybridized carbons (Fsp3) is 0.875. The molecule has 0 aromatic rings. The quantitative estimate of drug-likeness (QED) is 0.697. The lowest BCUT2D eigenvalue weighted by Crippen LogP contribution is -2.69. The second kappa shape index (κ2) is 7.78. The van der Waals surface area contributed by atoms with Crippen molar-refractivity contribution >= 4 is 11.8 Å². The third-order valence-corrected chi connectivity index (χ3v) is 4.16. The van der Waals surface area contributed by atoms with Gasteiger partial charge in [0.2, 0.25) is 11.8 Å². The maximum absolute atomic E-state index is 12.7. The molecule has 0 bridgehead atoms. The number of piperazine rings is 1. The Kier molecular flexibility index (Phi) is 6.65. The minimum atomic E-state index is -0.764. The maximum atomic E-state index is 12.7.